The molecule has 0 radical (unpaired) electrons. The second-order valence-corrected chi connectivity index (χ2v) is 8.05. The van der Waals surface area contributed by atoms with Gasteiger partial charge in [-0.3, -0.25) is 9.10 Å². The van der Waals surface area contributed by atoms with Crippen LogP contribution < -0.4 is 9.62 Å². The maximum Gasteiger partial charge on any atom is 0.251 e. The van der Waals surface area contributed by atoms with Crippen molar-refractivity contribution in [1.82, 2.24) is 5.32 Å². The SMILES string of the molecule is Cc1cc(C(=O)NC2CCCCC2)ccc1N(C)S(C)(=O)=O. The van der Waals surface area contributed by atoms with Gasteiger partial charge in [-0.1, -0.05) is 19.3 Å². The van der Waals surface area contributed by atoms with Gasteiger partial charge in [-0.25, -0.2) is 8.42 Å². The van der Waals surface area contributed by atoms with Crippen molar-refractivity contribution in [3.8, 4) is 0 Å². The fourth-order valence-electron chi connectivity index (χ4n) is 2.84. The van der Waals surface area contributed by atoms with Crippen LogP contribution in [0, 0.1) is 6.92 Å². The van der Waals surface area contributed by atoms with Crippen molar-refractivity contribution in [3.05, 3.63) is 29.3 Å². The Hall–Kier alpha value is -1.56. The Morgan fingerprint density at radius 3 is 2.41 bits per heavy atom. The summed E-state index contributed by atoms with van der Waals surface area (Å²) in [7, 11) is -1.79. The molecular weight excluding hydrogens is 300 g/mol. The van der Waals surface area contributed by atoms with Gasteiger partial charge >= 0.3 is 0 Å². The fraction of sp³-hybridized carbons (Fsp3) is 0.562. The van der Waals surface area contributed by atoms with Crippen molar-refractivity contribution in [2.24, 2.45) is 0 Å². The first-order chi connectivity index (χ1) is 10.3. The summed E-state index contributed by atoms with van der Waals surface area (Å²) in [5.74, 6) is -0.0800. The van der Waals surface area contributed by atoms with Gasteiger partial charge in [0, 0.05) is 18.7 Å². The summed E-state index contributed by atoms with van der Waals surface area (Å²) in [6, 6.07) is 5.38. The summed E-state index contributed by atoms with van der Waals surface area (Å²) in [5, 5.41) is 3.07. The van der Waals surface area contributed by atoms with E-state index in [1.807, 2.05) is 6.92 Å². The number of carbonyl (C=O) groups is 1. The smallest absolute Gasteiger partial charge is 0.251 e. The van der Waals surface area contributed by atoms with E-state index in [0.29, 0.717) is 11.3 Å². The van der Waals surface area contributed by atoms with Crippen LogP contribution in [0.4, 0.5) is 5.69 Å². The lowest BCUT2D eigenvalue weighted by molar-refractivity contribution is 0.0927. The molecular formula is C16H24N2O3S. The van der Waals surface area contributed by atoms with E-state index in [9.17, 15) is 13.2 Å². The lowest BCUT2D eigenvalue weighted by Gasteiger charge is -2.23. The third kappa shape index (κ3) is 4.00. The Kier molecular flexibility index (Phi) is 5.11. The molecule has 0 heterocycles. The fourth-order valence-corrected chi connectivity index (χ4v) is 3.41. The first-order valence-electron chi connectivity index (χ1n) is 7.64. The normalized spacial score (nSPS) is 16.3. The maximum atomic E-state index is 12.3. The molecule has 0 unspecified atom stereocenters. The van der Waals surface area contributed by atoms with Gasteiger partial charge in [0.2, 0.25) is 10.0 Å². The lowest BCUT2D eigenvalue weighted by Crippen LogP contribution is -2.36. The standard InChI is InChI=1S/C16H24N2O3S/c1-12-11-13(9-10-15(12)18(2)22(3,20)21)16(19)17-14-7-5-4-6-8-14/h9-11,14H,4-8H2,1-3H3,(H,17,19). The molecule has 1 saturated carbocycles. The lowest BCUT2D eigenvalue weighted by atomic mass is 9.95. The highest BCUT2D eigenvalue weighted by Crippen LogP contribution is 2.23. The minimum Gasteiger partial charge on any atom is -0.349 e. The predicted octanol–water partition coefficient (Wildman–Crippen LogP) is 2.45. The van der Waals surface area contributed by atoms with Crippen molar-refractivity contribution >= 4 is 21.6 Å². The Morgan fingerprint density at radius 2 is 1.86 bits per heavy atom. The largest absolute Gasteiger partial charge is 0.349 e. The van der Waals surface area contributed by atoms with Gasteiger partial charge in [-0.2, -0.15) is 0 Å². The quantitative estimate of drug-likeness (QED) is 0.925. The molecule has 1 aliphatic carbocycles. The maximum absolute atomic E-state index is 12.3. The Morgan fingerprint density at radius 1 is 1.23 bits per heavy atom. The number of aryl methyl sites for hydroxylation is 1. The molecule has 0 atom stereocenters. The topological polar surface area (TPSA) is 66.5 Å². The molecule has 122 valence electrons. The highest BCUT2D eigenvalue weighted by Gasteiger charge is 2.19. The molecule has 0 saturated heterocycles. The molecule has 0 aromatic heterocycles. The summed E-state index contributed by atoms with van der Waals surface area (Å²) in [6.07, 6.45) is 6.83. The van der Waals surface area contributed by atoms with Gasteiger partial charge in [-0.15, -0.1) is 0 Å². The van der Waals surface area contributed by atoms with Crippen LogP contribution in [0.3, 0.4) is 0 Å². The van der Waals surface area contributed by atoms with Gasteiger partial charge < -0.3 is 5.32 Å². The molecule has 0 spiro atoms. The van der Waals surface area contributed by atoms with E-state index in [4.69, 9.17) is 0 Å². The number of nitrogens with one attached hydrogen (secondary N) is 1. The zero-order valence-electron chi connectivity index (χ0n) is 13.4. The molecule has 1 aromatic carbocycles. The Balaban J connectivity index is 2.13. The van der Waals surface area contributed by atoms with Crippen molar-refractivity contribution < 1.29 is 13.2 Å². The third-order valence-corrected chi connectivity index (χ3v) is 5.43. The molecule has 22 heavy (non-hydrogen) atoms. The van der Waals surface area contributed by atoms with Crippen molar-refractivity contribution in [2.75, 3.05) is 17.6 Å². The first-order valence-corrected chi connectivity index (χ1v) is 9.49. The van der Waals surface area contributed by atoms with Crippen molar-refractivity contribution in [1.29, 1.82) is 0 Å². The summed E-state index contributed by atoms with van der Waals surface area (Å²) in [4.78, 5) is 12.3. The number of benzene rings is 1. The van der Waals surface area contributed by atoms with E-state index in [-0.39, 0.29) is 11.9 Å². The zero-order chi connectivity index (χ0) is 16.3. The molecule has 1 aliphatic rings. The average Bonchev–Trinajstić information content (AvgIpc) is 2.46. The van der Waals surface area contributed by atoms with Gasteiger partial charge in [0.25, 0.3) is 5.91 Å². The van der Waals surface area contributed by atoms with E-state index >= 15 is 0 Å². The number of rotatable bonds is 4. The molecule has 0 aliphatic heterocycles. The van der Waals surface area contributed by atoms with E-state index in [0.717, 1.165) is 24.7 Å². The average molecular weight is 324 g/mol. The summed E-state index contributed by atoms with van der Waals surface area (Å²) in [5.41, 5.74) is 1.94. The molecule has 1 N–H and O–H groups in total. The monoisotopic (exact) mass is 324 g/mol. The second-order valence-electron chi connectivity index (χ2n) is 6.04. The van der Waals surface area contributed by atoms with Gasteiger partial charge in [-0.05, 0) is 43.5 Å². The van der Waals surface area contributed by atoms with E-state index in [1.165, 1.54) is 30.6 Å². The number of carbonyl (C=O) groups excluding carboxylic acids is 1. The van der Waals surface area contributed by atoms with Crippen LogP contribution in [0.5, 0.6) is 0 Å². The summed E-state index contributed by atoms with van der Waals surface area (Å²) < 4.78 is 24.5. The molecule has 2 rings (SSSR count). The molecule has 5 nitrogen and oxygen atoms in total. The Bertz CT molecular complexity index is 649. The van der Waals surface area contributed by atoms with Crippen LogP contribution >= 0.6 is 0 Å². The molecule has 0 bridgehead atoms. The first kappa shape index (κ1) is 16.8. The van der Waals surface area contributed by atoms with Crippen LogP contribution in [0.2, 0.25) is 0 Å². The van der Waals surface area contributed by atoms with Crippen LogP contribution in [-0.4, -0.2) is 33.7 Å². The highest BCUT2D eigenvalue weighted by molar-refractivity contribution is 7.92. The van der Waals surface area contributed by atoms with E-state index in [2.05, 4.69) is 5.32 Å². The number of anilines is 1. The molecule has 1 amide bonds. The minimum absolute atomic E-state index is 0.0800. The zero-order valence-corrected chi connectivity index (χ0v) is 14.2. The van der Waals surface area contributed by atoms with Crippen LogP contribution in [0.25, 0.3) is 0 Å². The number of amides is 1. The third-order valence-electron chi connectivity index (χ3n) is 4.24. The van der Waals surface area contributed by atoms with Crippen molar-refractivity contribution in [2.45, 2.75) is 45.1 Å². The van der Waals surface area contributed by atoms with E-state index in [1.54, 1.807) is 18.2 Å². The summed E-state index contributed by atoms with van der Waals surface area (Å²) >= 11 is 0. The predicted molar refractivity (Wildman–Crippen MR) is 88.8 cm³/mol. The van der Waals surface area contributed by atoms with Crippen molar-refractivity contribution in [3.63, 3.8) is 0 Å². The van der Waals surface area contributed by atoms with Gasteiger partial charge in [0.1, 0.15) is 0 Å². The minimum atomic E-state index is -3.30. The number of nitrogens with zero attached hydrogens (tertiary/aromatic N) is 1. The highest BCUT2D eigenvalue weighted by atomic mass is 32.2. The van der Waals surface area contributed by atoms with Gasteiger partial charge in [0.05, 0.1) is 11.9 Å². The molecule has 1 fully saturated rings. The van der Waals surface area contributed by atoms with Crippen LogP contribution in [0.1, 0.15) is 48.0 Å². The van der Waals surface area contributed by atoms with Crippen LogP contribution in [0.15, 0.2) is 18.2 Å². The number of sulfonamides is 1. The Labute approximate surface area is 132 Å². The number of hydrogen-bond acceptors (Lipinski definition) is 3. The van der Waals surface area contributed by atoms with E-state index < -0.39 is 10.0 Å². The molecule has 6 heteroatoms. The molecule has 1 aromatic rings. The second kappa shape index (κ2) is 6.69. The summed E-state index contributed by atoms with van der Waals surface area (Å²) in [6.45, 7) is 1.81. The number of hydrogen-bond donors (Lipinski definition) is 1. The van der Waals surface area contributed by atoms with Gasteiger partial charge in [0.15, 0.2) is 0 Å². The van der Waals surface area contributed by atoms with Crippen LogP contribution in [-0.2, 0) is 10.0 Å².